The molecule has 6 heteroatoms. The zero-order valence-corrected chi connectivity index (χ0v) is 9.38. The Kier molecular flexibility index (Phi) is 4.11. The average molecular weight is 251 g/mol. The fourth-order valence-corrected chi connectivity index (χ4v) is 1.39. The Morgan fingerprint density at radius 3 is 2.35 bits per heavy atom. The molecule has 0 spiro atoms. The topological polar surface area (TPSA) is 35.2 Å². The molecule has 0 saturated carbocycles. The first-order valence-corrected chi connectivity index (χ1v) is 4.92. The minimum atomic E-state index is -4.73. The highest BCUT2D eigenvalue weighted by Crippen LogP contribution is 2.33. The standard InChI is InChI=1S/C11H13F4NO/c1-6(17-2)10(16)7-3-4-9(12)8(5-7)11(13,14)15/h3-6,10H,16H2,1-2H3. The molecule has 1 aromatic carbocycles. The van der Waals surface area contributed by atoms with Crippen LogP contribution in [0.3, 0.4) is 0 Å². The molecular weight excluding hydrogens is 238 g/mol. The zero-order chi connectivity index (χ0) is 13.2. The largest absolute Gasteiger partial charge is 0.419 e. The van der Waals surface area contributed by atoms with E-state index in [0.717, 1.165) is 12.1 Å². The van der Waals surface area contributed by atoms with Gasteiger partial charge in [0.15, 0.2) is 0 Å². The Labute approximate surface area is 96.4 Å². The lowest BCUT2D eigenvalue weighted by Gasteiger charge is -2.20. The molecule has 2 nitrogen and oxygen atoms in total. The van der Waals surface area contributed by atoms with Crippen LogP contribution < -0.4 is 5.73 Å². The van der Waals surface area contributed by atoms with E-state index in [1.165, 1.54) is 13.2 Å². The summed E-state index contributed by atoms with van der Waals surface area (Å²) < 4.78 is 55.3. The highest BCUT2D eigenvalue weighted by Gasteiger charge is 2.34. The lowest BCUT2D eigenvalue weighted by Crippen LogP contribution is -2.25. The van der Waals surface area contributed by atoms with Crippen LogP contribution in [0.1, 0.15) is 24.1 Å². The summed E-state index contributed by atoms with van der Waals surface area (Å²) >= 11 is 0. The van der Waals surface area contributed by atoms with Crippen LogP contribution in [0.5, 0.6) is 0 Å². The van der Waals surface area contributed by atoms with Crippen LogP contribution in [0.25, 0.3) is 0 Å². The molecule has 96 valence electrons. The summed E-state index contributed by atoms with van der Waals surface area (Å²) in [6, 6.07) is 1.97. The SMILES string of the molecule is COC(C)C(N)c1ccc(F)c(C(F)(F)F)c1. The number of benzene rings is 1. The van der Waals surface area contributed by atoms with Crippen LogP contribution in [-0.4, -0.2) is 13.2 Å². The van der Waals surface area contributed by atoms with Crippen molar-refractivity contribution in [2.75, 3.05) is 7.11 Å². The summed E-state index contributed by atoms with van der Waals surface area (Å²) in [6.07, 6.45) is -5.18. The molecule has 0 aliphatic carbocycles. The third kappa shape index (κ3) is 3.17. The van der Waals surface area contributed by atoms with Crippen LogP contribution in [0.15, 0.2) is 18.2 Å². The molecule has 17 heavy (non-hydrogen) atoms. The molecule has 2 unspecified atom stereocenters. The van der Waals surface area contributed by atoms with E-state index in [2.05, 4.69) is 0 Å². The first kappa shape index (κ1) is 13.9. The molecule has 0 radical (unpaired) electrons. The van der Waals surface area contributed by atoms with Gasteiger partial charge in [-0.3, -0.25) is 0 Å². The van der Waals surface area contributed by atoms with Crippen LogP contribution in [-0.2, 0) is 10.9 Å². The monoisotopic (exact) mass is 251 g/mol. The quantitative estimate of drug-likeness (QED) is 0.838. The van der Waals surface area contributed by atoms with Gasteiger partial charge in [-0.15, -0.1) is 0 Å². The molecule has 1 rings (SSSR count). The van der Waals surface area contributed by atoms with Crippen molar-refractivity contribution in [3.63, 3.8) is 0 Å². The van der Waals surface area contributed by atoms with Crippen LogP contribution in [0.2, 0.25) is 0 Å². The first-order valence-electron chi connectivity index (χ1n) is 4.92. The lowest BCUT2D eigenvalue weighted by molar-refractivity contribution is -0.140. The molecule has 0 aliphatic rings. The van der Waals surface area contributed by atoms with E-state index < -0.39 is 29.7 Å². The smallest absolute Gasteiger partial charge is 0.380 e. The molecule has 0 saturated heterocycles. The van der Waals surface area contributed by atoms with Crippen molar-refractivity contribution in [2.45, 2.75) is 25.2 Å². The van der Waals surface area contributed by atoms with Crippen molar-refractivity contribution in [1.82, 2.24) is 0 Å². The van der Waals surface area contributed by atoms with Gasteiger partial charge < -0.3 is 10.5 Å². The maximum atomic E-state index is 13.0. The van der Waals surface area contributed by atoms with Crippen molar-refractivity contribution < 1.29 is 22.3 Å². The van der Waals surface area contributed by atoms with Gasteiger partial charge in [0.1, 0.15) is 5.82 Å². The second kappa shape index (κ2) is 5.01. The van der Waals surface area contributed by atoms with Crippen molar-refractivity contribution in [3.8, 4) is 0 Å². The first-order chi connectivity index (χ1) is 7.77. The maximum Gasteiger partial charge on any atom is 0.419 e. The molecule has 0 fully saturated rings. The van der Waals surface area contributed by atoms with E-state index >= 15 is 0 Å². The van der Waals surface area contributed by atoms with E-state index in [1.807, 2.05) is 0 Å². The molecular formula is C11H13F4NO. The predicted octanol–water partition coefficient (Wildman–Crippen LogP) is 2.88. The molecule has 2 N–H and O–H groups in total. The second-order valence-electron chi connectivity index (χ2n) is 3.70. The van der Waals surface area contributed by atoms with Gasteiger partial charge in [-0.25, -0.2) is 4.39 Å². The number of hydrogen-bond acceptors (Lipinski definition) is 2. The van der Waals surface area contributed by atoms with Gasteiger partial charge in [0.05, 0.1) is 17.7 Å². The van der Waals surface area contributed by atoms with E-state index in [0.29, 0.717) is 0 Å². The fourth-order valence-electron chi connectivity index (χ4n) is 1.39. The van der Waals surface area contributed by atoms with Gasteiger partial charge in [-0.05, 0) is 24.6 Å². The van der Waals surface area contributed by atoms with Crippen LogP contribution in [0.4, 0.5) is 17.6 Å². The molecule has 0 amide bonds. The normalized spacial score (nSPS) is 15.7. The summed E-state index contributed by atoms with van der Waals surface area (Å²) in [5, 5.41) is 0. The summed E-state index contributed by atoms with van der Waals surface area (Å²) in [5.41, 5.74) is 4.57. The van der Waals surface area contributed by atoms with E-state index in [4.69, 9.17) is 10.5 Å². The van der Waals surface area contributed by atoms with Gasteiger partial charge in [-0.2, -0.15) is 13.2 Å². The fraction of sp³-hybridized carbons (Fsp3) is 0.455. The van der Waals surface area contributed by atoms with Gasteiger partial charge in [-0.1, -0.05) is 6.07 Å². The van der Waals surface area contributed by atoms with Gasteiger partial charge in [0, 0.05) is 7.11 Å². The number of nitrogens with two attached hydrogens (primary N) is 1. The van der Waals surface area contributed by atoms with Crippen molar-refractivity contribution >= 4 is 0 Å². The Balaban J connectivity index is 3.13. The molecule has 0 aromatic heterocycles. The van der Waals surface area contributed by atoms with Crippen molar-refractivity contribution in [3.05, 3.63) is 35.1 Å². The van der Waals surface area contributed by atoms with Crippen LogP contribution >= 0.6 is 0 Å². The minimum absolute atomic E-state index is 0.188. The Hall–Kier alpha value is -1.14. The Bertz CT molecular complexity index is 392. The summed E-state index contributed by atoms with van der Waals surface area (Å²) in [5.74, 6) is -1.31. The number of alkyl halides is 3. The van der Waals surface area contributed by atoms with E-state index in [1.54, 1.807) is 6.92 Å². The van der Waals surface area contributed by atoms with Crippen molar-refractivity contribution in [1.29, 1.82) is 0 Å². The van der Waals surface area contributed by atoms with Crippen LogP contribution in [0, 0.1) is 5.82 Å². The van der Waals surface area contributed by atoms with E-state index in [9.17, 15) is 17.6 Å². The number of rotatable bonds is 3. The Morgan fingerprint density at radius 2 is 1.88 bits per heavy atom. The summed E-state index contributed by atoms with van der Waals surface area (Å²) in [7, 11) is 1.40. The maximum absolute atomic E-state index is 13.0. The van der Waals surface area contributed by atoms with Crippen molar-refractivity contribution in [2.24, 2.45) is 5.73 Å². The molecule has 2 atom stereocenters. The van der Waals surface area contributed by atoms with Gasteiger partial charge >= 0.3 is 6.18 Å². The molecule has 0 heterocycles. The highest BCUT2D eigenvalue weighted by atomic mass is 19.4. The second-order valence-corrected chi connectivity index (χ2v) is 3.70. The Morgan fingerprint density at radius 1 is 1.29 bits per heavy atom. The number of ether oxygens (including phenoxy) is 1. The van der Waals surface area contributed by atoms with E-state index in [-0.39, 0.29) is 5.56 Å². The number of halogens is 4. The molecule has 0 aliphatic heterocycles. The molecule has 1 aromatic rings. The van der Waals surface area contributed by atoms with Gasteiger partial charge in [0.25, 0.3) is 0 Å². The molecule has 0 bridgehead atoms. The zero-order valence-electron chi connectivity index (χ0n) is 9.38. The average Bonchev–Trinajstić information content (AvgIpc) is 2.26. The third-order valence-electron chi connectivity index (χ3n) is 2.56. The minimum Gasteiger partial charge on any atom is -0.380 e. The lowest BCUT2D eigenvalue weighted by atomic mass is 10.0. The number of hydrogen-bond donors (Lipinski definition) is 1. The number of methoxy groups -OCH3 is 1. The predicted molar refractivity (Wildman–Crippen MR) is 54.8 cm³/mol. The third-order valence-corrected chi connectivity index (χ3v) is 2.56. The summed E-state index contributed by atoms with van der Waals surface area (Å²) in [4.78, 5) is 0. The van der Waals surface area contributed by atoms with Gasteiger partial charge in [0.2, 0.25) is 0 Å². The highest BCUT2D eigenvalue weighted by molar-refractivity contribution is 5.29. The summed E-state index contributed by atoms with van der Waals surface area (Å²) in [6.45, 7) is 1.63.